The van der Waals surface area contributed by atoms with Crippen molar-refractivity contribution in [1.29, 1.82) is 0 Å². The van der Waals surface area contributed by atoms with Crippen molar-refractivity contribution >= 4 is 23.2 Å². The van der Waals surface area contributed by atoms with Crippen molar-refractivity contribution in [2.24, 2.45) is 0 Å². The van der Waals surface area contributed by atoms with Gasteiger partial charge in [0.15, 0.2) is 11.5 Å². The van der Waals surface area contributed by atoms with E-state index in [1.807, 2.05) is 0 Å². The average molecular weight is 256 g/mol. The number of halogens is 1. The third kappa shape index (κ3) is 3.27. The van der Waals surface area contributed by atoms with E-state index < -0.39 is 0 Å². The molecule has 1 aliphatic heterocycles. The van der Waals surface area contributed by atoms with Crippen LogP contribution in [0.2, 0.25) is 0 Å². The van der Waals surface area contributed by atoms with E-state index >= 15 is 0 Å². The van der Waals surface area contributed by atoms with Crippen LogP contribution in [0.5, 0.6) is 11.5 Å². The van der Waals surface area contributed by atoms with Crippen LogP contribution in [-0.2, 0) is 4.79 Å². The number of alkyl halides is 1. The molecule has 1 aromatic rings. The van der Waals surface area contributed by atoms with Crippen molar-refractivity contribution < 1.29 is 14.3 Å². The highest BCUT2D eigenvalue weighted by Gasteiger charge is 2.13. The Balaban J connectivity index is 1.88. The van der Waals surface area contributed by atoms with Gasteiger partial charge >= 0.3 is 0 Å². The van der Waals surface area contributed by atoms with E-state index in [-0.39, 0.29) is 12.7 Å². The van der Waals surface area contributed by atoms with Gasteiger partial charge in [-0.1, -0.05) is 0 Å². The standard InChI is InChI=1S/C12H14ClNO3/c13-6-2-1-3-12(15)14-9-4-5-10-11(7-9)17-8-16-10/h4-5,7H,1-3,6,8H2,(H,14,15). The fraction of sp³-hybridized carbons (Fsp3) is 0.417. The normalized spacial score (nSPS) is 12.5. The third-order valence-electron chi connectivity index (χ3n) is 2.44. The molecule has 1 N–H and O–H groups in total. The minimum Gasteiger partial charge on any atom is -0.454 e. The molecule has 0 saturated carbocycles. The SMILES string of the molecule is O=C(CCCCCl)Nc1ccc2c(c1)OCO2. The first kappa shape index (κ1) is 12.0. The molecule has 0 radical (unpaired) electrons. The highest BCUT2D eigenvalue weighted by atomic mass is 35.5. The van der Waals surface area contributed by atoms with Crippen molar-refractivity contribution in [2.45, 2.75) is 19.3 Å². The lowest BCUT2D eigenvalue weighted by atomic mass is 10.2. The summed E-state index contributed by atoms with van der Waals surface area (Å²) >= 11 is 5.55. The Labute approximate surface area is 105 Å². The van der Waals surface area contributed by atoms with Gasteiger partial charge in [0.25, 0.3) is 0 Å². The number of anilines is 1. The molecule has 0 unspecified atom stereocenters. The van der Waals surface area contributed by atoms with Crippen molar-refractivity contribution in [3.63, 3.8) is 0 Å². The van der Waals surface area contributed by atoms with Gasteiger partial charge in [-0.2, -0.15) is 0 Å². The van der Waals surface area contributed by atoms with Crippen LogP contribution < -0.4 is 14.8 Å². The van der Waals surface area contributed by atoms with Gasteiger partial charge in [-0.3, -0.25) is 4.79 Å². The summed E-state index contributed by atoms with van der Waals surface area (Å²) in [6, 6.07) is 5.35. The highest BCUT2D eigenvalue weighted by molar-refractivity contribution is 6.17. The average Bonchev–Trinajstić information content (AvgIpc) is 2.76. The highest BCUT2D eigenvalue weighted by Crippen LogP contribution is 2.34. The number of benzene rings is 1. The molecule has 0 aromatic heterocycles. The summed E-state index contributed by atoms with van der Waals surface area (Å²) in [5, 5.41) is 2.81. The van der Waals surface area contributed by atoms with Gasteiger partial charge in [0.1, 0.15) is 0 Å². The zero-order valence-corrected chi connectivity index (χ0v) is 10.1. The third-order valence-corrected chi connectivity index (χ3v) is 2.71. The maximum Gasteiger partial charge on any atom is 0.231 e. The van der Waals surface area contributed by atoms with Crippen molar-refractivity contribution in [3.8, 4) is 11.5 Å². The maximum atomic E-state index is 11.6. The lowest BCUT2D eigenvalue weighted by Crippen LogP contribution is -2.10. The molecule has 0 atom stereocenters. The lowest BCUT2D eigenvalue weighted by molar-refractivity contribution is -0.116. The molecule has 0 fully saturated rings. The molecule has 1 heterocycles. The zero-order valence-electron chi connectivity index (χ0n) is 9.37. The van der Waals surface area contributed by atoms with Crippen LogP contribution in [0, 0.1) is 0 Å². The van der Waals surface area contributed by atoms with E-state index in [1.54, 1.807) is 18.2 Å². The Morgan fingerprint density at radius 2 is 2.12 bits per heavy atom. The molecule has 5 heteroatoms. The van der Waals surface area contributed by atoms with Gasteiger partial charge < -0.3 is 14.8 Å². The molecule has 1 aliphatic rings. The van der Waals surface area contributed by atoms with Gasteiger partial charge in [-0.15, -0.1) is 11.6 Å². The van der Waals surface area contributed by atoms with Crippen molar-refractivity contribution in [3.05, 3.63) is 18.2 Å². The van der Waals surface area contributed by atoms with Crippen LogP contribution in [0.3, 0.4) is 0 Å². The topological polar surface area (TPSA) is 47.6 Å². The number of carbonyl (C=O) groups is 1. The number of nitrogens with one attached hydrogen (secondary N) is 1. The van der Waals surface area contributed by atoms with Gasteiger partial charge in [0, 0.05) is 24.1 Å². The molecule has 0 aliphatic carbocycles. The molecule has 1 aromatic carbocycles. The maximum absolute atomic E-state index is 11.6. The largest absolute Gasteiger partial charge is 0.454 e. The second kappa shape index (κ2) is 5.77. The predicted molar refractivity (Wildman–Crippen MR) is 65.8 cm³/mol. The number of unbranched alkanes of at least 4 members (excludes halogenated alkanes) is 1. The summed E-state index contributed by atoms with van der Waals surface area (Å²) in [5.41, 5.74) is 0.727. The first-order valence-electron chi connectivity index (χ1n) is 5.55. The molecule has 0 spiro atoms. The zero-order chi connectivity index (χ0) is 12.1. The Kier molecular flexibility index (Phi) is 4.09. The van der Waals surface area contributed by atoms with E-state index in [1.165, 1.54) is 0 Å². The number of hydrogen-bond acceptors (Lipinski definition) is 3. The molecule has 4 nitrogen and oxygen atoms in total. The van der Waals surface area contributed by atoms with E-state index in [4.69, 9.17) is 21.1 Å². The van der Waals surface area contributed by atoms with Crippen molar-refractivity contribution in [1.82, 2.24) is 0 Å². The first-order valence-corrected chi connectivity index (χ1v) is 6.08. The summed E-state index contributed by atoms with van der Waals surface area (Å²) in [6.45, 7) is 0.239. The Morgan fingerprint density at radius 3 is 2.94 bits per heavy atom. The molecule has 0 saturated heterocycles. The van der Waals surface area contributed by atoms with Crippen LogP contribution in [0.25, 0.3) is 0 Å². The van der Waals surface area contributed by atoms with Gasteiger partial charge in [0.2, 0.25) is 12.7 Å². The van der Waals surface area contributed by atoms with Crippen LogP contribution in [0.1, 0.15) is 19.3 Å². The molecule has 2 rings (SSSR count). The Morgan fingerprint density at radius 1 is 1.29 bits per heavy atom. The first-order chi connectivity index (χ1) is 8.29. The second-order valence-electron chi connectivity index (χ2n) is 3.76. The summed E-state index contributed by atoms with van der Waals surface area (Å²) in [6.07, 6.45) is 2.15. The van der Waals surface area contributed by atoms with Crippen molar-refractivity contribution in [2.75, 3.05) is 18.0 Å². The molecule has 1 amide bonds. The summed E-state index contributed by atoms with van der Waals surface area (Å²) < 4.78 is 10.4. The molecule has 92 valence electrons. The fourth-order valence-corrected chi connectivity index (χ4v) is 1.77. The number of hydrogen-bond donors (Lipinski definition) is 1. The van der Waals surface area contributed by atoms with E-state index in [2.05, 4.69) is 5.32 Å². The Hall–Kier alpha value is -1.42. The molecular weight excluding hydrogens is 242 g/mol. The molecule has 17 heavy (non-hydrogen) atoms. The van der Waals surface area contributed by atoms with Crippen LogP contribution >= 0.6 is 11.6 Å². The minimum atomic E-state index is -0.00557. The number of rotatable bonds is 5. The van der Waals surface area contributed by atoms with E-state index in [0.29, 0.717) is 23.8 Å². The molecular formula is C12H14ClNO3. The van der Waals surface area contributed by atoms with Gasteiger partial charge in [-0.25, -0.2) is 0 Å². The summed E-state index contributed by atoms with van der Waals surface area (Å²) in [4.78, 5) is 11.6. The fourth-order valence-electron chi connectivity index (χ4n) is 1.58. The minimum absolute atomic E-state index is 0.00557. The second-order valence-corrected chi connectivity index (χ2v) is 4.14. The predicted octanol–water partition coefficient (Wildman–Crippen LogP) is 2.76. The molecule has 0 bridgehead atoms. The number of ether oxygens (including phenoxy) is 2. The quantitative estimate of drug-likeness (QED) is 0.650. The number of carbonyl (C=O) groups excluding carboxylic acids is 1. The van der Waals surface area contributed by atoms with Crippen LogP contribution in [0.4, 0.5) is 5.69 Å². The monoisotopic (exact) mass is 255 g/mol. The van der Waals surface area contributed by atoms with Crippen LogP contribution in [-0.4, -0.2) is 18.6 Å². The smallest absolute Gasteiger partial charge is 0.231 e. The van der Waals surface area contributed by atoms with Gasteiger partial charge in [0.05, 0.1) is 0 Å². The Bertz CT molecular complexity index is 409. The van der Waals surface area contributed by atoms with E-state index in [9.17, 15) is 4.79 Å². The lowest BCUT2D eigenvalue weighted by Gasteiger charge is -2.05. The number of fused-ring (bicyclic) bond motifs is 1. The number of amides is 1. The van der Waals surface area contributed by atoms with Gasteiger partial charge in [-0.05, 0) is 25.0 Å². The summed E-state index contributed by atoms with van der Waals surface area (Å²) in [7, 11) is 0. The van der Waals surface area contributed by atoms with E-state index in [0.717, 1.165) is 18.5 Å². The van der Waals surface area contributed by atoms with Crippen LogP contribution in [0.15, 0.2) is 18.2 Å². The summed E-state index contributed by atoms with van der Waals surface area (Å²) in [5.74, 6) is 1.97.